The van der Waals surface area contributed by atoms with Crippen molar-refractivity contribution in [1.29, 1.82) is 0 Å². The lowest BCUT2D eigenvalue weighted by Gasteiger charge is -2.57. The SMILES string of the molecule is CCOC1CC(N)(C(=O)NCc2nc3ccccc3n2C)C1(C)C.Cl.Cl. The first kappa shape index (κ1) is 22.7. The molecule has 26 heavy (non-hydrogen) atoms. The molecule has 0 saturated heterocycles. The zero-order valence-corrected chi connectivity index (χ0v) is 17.2. The summed E-state index contributed by atoms with van der Waals surface area (Å²) in [5, 5.41) is 2.96. The minimum atomic E-state index is -0.905. The second kappa shape index (κ2) is 8.13. The number of benzene rings is 1. The fraction of sp³-hybridized carbons (Fsp3) is 0.556. The normalized spacial score (nSPS) is 23.5. The van der Waals surface area contributed by atoms with Crippen LogP contribution in [0.15, 0.2) is 24.3 Å². The van der Waals surface area contributed by atoms with Crippen LogP contribution in [0, 0.1) is 5.41 Å². The molecule has 2 aromatic rings. The fourth-order valence-corrected chi connectivity index (χ4v) is 3.49. The first-order valence-electron chi connectivity index (χ1n) is 8.40. The van der Waals surface area contributed by atoms with E-state index in [4.69, 9.17) is 10.5 Å². The molecule has 1 heterocycles. The maximum Gasteiger partial charge on any atom is 0.241 e. The lowest BCUT2D eigenvalue weighted by Crippen LogP contribution is -2.75. The monoisotopic (exact) mass is 402 g/mol. The van der Waals surface area contributed by atoms with Crippen molar-refractivity contribution in [2.24, 2.45) is 18.2 Å². The van der Waals surface area contributed by atoms with Crippen molar-refractivity contribution >= 4 is 41.8 Å². The third kappa shape index (κ3) is 3.43. The summed E-state index contributed by atoms with van der Waals surface area (Å²) in [5.41, 5.74) is 7.08. The molecule has 2 atom stereocenters. The predicted molar refractivity (Wildman–Crippen MR) is 108 cm³/mol. The van der Waals surface area contributed by atoms with E-state index in [2.05, 4.69) is 10.3 Å². The molecule has 3 rings (SSSR count). The number of para-hydroxylation sites is 2. The minimum absolute atomic E-state index is 0. The number of carbonyl (C=O) groups is 1. The summed E-state index contributed by atoms with van der Waals surface area (Å²) in [5.74, 6) is 0.669. The predicted octanol–water partition coefficient (Wildman–Crippen LogP) is 2.57. The van der Waals surface area contributed by atoms with Crippen molar-refractivity contribution in [3.05, 3.63) is 30.1 Å². The lowest BCUT2D eigenvalue weighted by molar-refractivity contribution is -0.170. The zero-order chi connectivity index (χ0) is 17.5. The van der Waals surface area contributed by atoms with Crippen LogP contribution in [0.5, 0.6) is 0 Å². The van der Waals surface area contributed by atoms with Crippen molar-refractivity contribution in [2.75, 3.05) is 6.61 Å². The van der Waals surface area contributed by atoms with Crippen molar-refractivity contribution in [2.45, 2.75) is 45.4 Å². The summed E-state index contributed by atoms with van der Waals surface area (Å²) in [7, 11) is 1.95. The van der Waals surface area contributed by atoms with Gasteiger partial charge in [-0.2, -0.15) is 0 Å². The quantitative estimate of drug-likeness (QED) is 0.804. The summed E-state index contributed by atoms with van der Waals surface area (Å²) in [6, 6.07) is 7.91. The van der Waals surface area contributed by atoms with Gasteiger partial charge in [0.15, 0.2) is 0 Å². The van der Waals surface area contributed by atoms with Crippen molar-refractivity contribution in [3.63, 3.8) is 0 Å². The second-order valence-corrected chi connectivity index (χ2v) is 7.10. The third-order valence-electron chi connectivity index (χ3n) is 5.52. The summed E-state index contributed by atoms with van der Waals surface area (Å²) >= 11 is 0. The van der Waals surface area contributed by atoms with E-state index in [-0.39, 0.29) is 42.2 Å². The molecule has 1 saturated carbocycles. The van der Waals surface area contributed by atoms with Crippen LogP contribution in [0.1, 0.15) is 33.0 Å². The number of nitrogens with one attached hydrogen (secondary N) is 1. The molecule has 146 valence electrons. The Morgan fingerprint density at radius 1 is 1.38 bits per heavy atom. The smallest absolute Gasteiger partial charge is 0.241 e. The maximum absolute atomic E-state index is 12.7. The van der Waals surface area contributed by atoms with Crippen LogP contribution in [-0.4, -0.2) is 33.7 Å². The number of aryl methyl sites for hydroxylation is 1. The molecule has 0 radical (unpaired) electrons. The number of imidazole rings is 1. The number of amides is 1. The zero-order valence-electron chi connectivity index (χ0n) is 15.6. The van der Waals surface area contributed by atoms with Gasteiger partial charge < -0.3 is 20.4 Å². The second-order valence-electron chi connectivity index (χ2n) is 7.10. The molecule has 0 spiro atoms. The fourth-order valence-electron chi connectivity index (χ4n) is 3.49. The summed E-state index contributed by atoms with van der Waals surface area (Å²) in [6.45, 7) is 6.93. The number of carbonyl (C=O) groups excluding carboxylic acids is 1. The highest BCUT2D eigenvalue weighted by molar-refractivity contribution is 5.88. The average Bonchev–Trinajstić information content (AvgIpc) is 2.88. The molecule has 0 aliphatic heterocycles. The van der Waals surface area contributed by atoms with Crippen LogP contribution in [0.25, 0.3) is 11.0 Å². The molecule has 6 nitrogen and oxygen atoms in total. The number of hydrogen-bond acceptors (Lipinski definition) is 4. The van der Waals surface area contributed by atoms with Crippen LogP contribution >= 0.6 is 24.8 Å². The first-order chi connectivity index (χ1) is 11.3. The van der Waals surface area contributed by atoms with E-state index in [1.165, 1.54) is 0 Å². The Balaban J connectivity index is 0.00000169. The molecule has 3 N–H and O–H groups in total. The summed E-state index contributed by atoms with van der Waals surface area (Å²) < 4.78 is 7.68. The molecule has 1 amide bonds. The van der Waals surface area contributed by atoms with Gasteiger partial charge in [0.05, 0.1) is 23.7 Å². The molecule has 8 heteroatoms. The Hall–Kier alpha value is -1.34. The van der Waals surface area contributed by atoms with E-state index in [1.54, 1.807) is 0 Å². The van der Waals surface area contributed by atoms with Gasteiger partial charge in [-0.3, -0.25) is 4.79 Å². The van der Waals surface area contributed by atoms with Crippen molar-refractivity contribution < 1.29 is 9.53 Å². The van der Waals surface area contributed by atoms with Crippen LogP contribution in [-0.2, 0) is 23.1 Å². The van der Waals surface area contributed by atoms with Crippen LogP contribution in [0.4, 0.5) is 0 Å². The Morgan fingerprint density at radius 2 is 2.04 bits per heavy atom. The van der Waals surface area contributed by atoms with Gasteiger partial charge >= 0.3 is 0 Å². The molecule has 2 unspecified atom stereocenters. The van der Waals surface area contributed by atoms with Crippen molar-refractivity contribution in [3.8, 4) is 0 Å². The van der Waals surface area contributed by atoms with Crippen LogP contribution in [0.3, 0.4) is 0 Å². The number of aromatic nitrogens is 2. The van der Waals surface area contributed by atoms with Crippen molar-refractivity contribution in [1.82, 2.24) is 14.9 Å². The molecule has 1 fully saturated rings. The van der Waals surface area contributed by atoms with E-state index < -0.39 is 5.54 Å². The molecule has 1 aromatic heterocycles. The molecule has 0 bridgehead atoms. The van der Waals surface area contributed by atoms with Gasteiger partial charge in [0, 0.05) is 25.5 Å². The van der Waals surface area contributed by atoms with Gasteiger partial charge in [-0.25, -0.2) is 4.98 Å². The summed E-state index contributed by atoms with van der Waals surface area (Å²) in [6.07, 6.45) is 0.566. The van der Waals surface area contributed by atoms with Crippen LogP contribution in [0.2, 0.25) is 0 Å². The number of fused-ring (bicyclic) bond motifs is 1. The number of nitrogens with two attached hydrogens (primary N) is 1. The van der Waals surface area contributed by atoms with E-state index in [1.807, 2.05) is 56.7 Å². The number of nitrogens with zero attached hydrogens (tertiary/aromatic N) is 2. The number of ether oxygens (including phenoxy) is 1. The molecule has 1 aromatic carbocycles. The first-order valence-corrected chi connectivity index (χ1v) is 8.40. The topological polar surface area (TPSA) is 82.2 Å². The Morgan fingerprint density at radius 3 is 2.62 bits per heavy atom. The van der Waals surface area contributed by atoms with E-state index in [0.717, 1.165) is 16.9 Å². The Kier molecular flexibility index (Phi) is 7.10. The van der Waals surface area contributed by atoms with Gasteiger partial charge in [0.2, 0.25) is 5.91 Å². The third-order valence-corrected chi connectivity index (χ3v) is 5.52. The molecular formula is C18H28Cl2N4O2. The minimum Gasteiger partial charge on any atom is -0.378 e. The molecule has 1 aliphatic carbocycles. The standard InChI is InChI=1S/C18H26N4O2.2ClH/c1-5-24-14-10-18(19,17(14,2)3)16(23)20-11-15-21-12-8-6-7-9-13(12)22(15)4;;/h6-9,14H,5,10-11,19H2,1-4H3,(H,20,23);2*1H. The molecular weight excluding hydrogens is 375 g/mol. The van der Waals surface area contributed by atoms with Gasteiger partial charge in [-0.15, -0.1) is 24.8 Å². The van der Waals surface area contributed by atoms with E-state index >= 15 is 0 Å². The Labute approximate surface area is 166 Å². The molecule has 1 aliphatic rings. The van der Waals surface area contributed by atoms with Gasteiger partial charge in [-0.05, 0) is 19.1 Å². The highest BCUT2D eigenvalue weighted by Gasteiger charge is 2.62. The van der Waals surface area contributed by atoms with E-state index in [9.17, 15) is 4.79 Å². The van der Waals surface area contributed by atoms with Gasteiger partial charge in [0.25, 0.3) is 0 Å². The average molecular weight is 403 g/mol. The van der Waals surface area contributed by atoms with E-state index in [0.29, 0.717) is 19.6 Å². The number of rotatable bonds is 5. The van der Waals surface area contributed by atoms with Gasteiger partial charge in [0.1, 0.15) is 11.4 Å². The largest absolute Gasteiger partial charge is 0.378 e. The highest BCUT2D eigenvalue weighted by Crippen LogP contribution is 2.49. The summed E-state index contributed by atoms with van der Waals surface area (Å²) in [4.78, 5) is 17.3. The lowest BCUT2D eigenvalue weighted by atomic mass is 9.54. The van der Waals surface area contributed by atoms with Gasteiger partial charge in [-0.1, -0.05) is 26.0 Å². The number of hydrogen-bond donors (Lipinski definition) is 2. The Bertz CT molecular complexity index is 778. The number of halogens is 2. The maximum atomic E-state index is 12.7. The highest BCUT2D eigenvalue weighted by atomic mass is 35.5. The van der Waals surface area contributed by atoms with Crippen LogP contribution < -0.4 is 11.1 Å².